The molecule has 1 heterocycles. The van der Waals surface area contributed by atoms with E-state index in [1.54, 1.807) is 0 Å². The second kappa shape index (κ2) is 5.92. The molecule has 2 N–H and O–H groups in total. The third-order valence-electron chi connectivity index (χ3n) is 2.55. The van der Waals surface area contributed by atoms with Gasteiger partial charge in [-0.3, -0.25) is 0 Å². The number of nitrogens with two attached hydrogens (primary N) is 1. The molecule has 0 saturated heterocycles. The van der Waals surface area contributed by atoms with Crippen molar-refractivity contribution in [1.82, 2.24) is 9.97 Å². The van der Waals surface area contributed by atoms with E-state index in [-0.39, 0.29) is 12.1 Å². The molecule has 1 aromatic rings. The number of aromatic nitrogens is 2. The van der Waals surface area contributed by atoms with Crippen LogP contribution in [0.5, 0.6) is 0 Å². The maximum atomic E-state index is 5.82. The Morgan fingerprint density at radius 2 is 2.12 bits per heavy atom. The Kier molecular flexibility index (Phi) is 4.83. The SMILES string of the molecule is CCOC(CC)c1ncc([C@@H](C)N)c(C)n1. The van der Waals surface area contributed by atoms with Gasteiger partial charge in [-0.05, 0) is 27.2 Å². The summed E-state index contributed by atoms with van der Waals surface area (Å²) in [5.41, 5.74) is 7.76. The van der Waals surface area contributed by atoms with Gasteiger partial charge < -0.3 is 10.5 Å². The van der Waals surface area contributed by atoms with Crippen LogP contribution >= 0.6 is 0 Å². The predicted octanol–water partition coefficient (Wildman–Crippen LogP) is 2.29. The summed E-state index contributed by atoms with van der Waals surface area (Å²) in [6.07, 6.45) is 2.68. The van der Waals surface area contributed by atoms with E-state index in [1.165, 1.54) is 0 Å². The van der Waals surface area contributed by atoms with Gasteiger partial charge in [-0.15, -0.1) is 0 Å². The Bertz CT molecular complexity index is 339. The minimum absolute atomic E-state index is 0.00849. The molecule has 0 amide bonds. The zero-order valence-electron chi connectivity index (χ0n) is 10.5. The molecular weight excluding hydrogens is 202 g/mol. The molecule has 0 aliphatic rings. The van der Waals surface area contributed by atoms with Crippen LogP contribution in [0, 0.1) is 6.92 Å². The fourth-order valence-corrected chi connectivity index (χ4v) is 1.67. The molecule has 0 aliphatic carbocycles. The van der Waals surface area contributed by atoms with Crippen molar-refractivity contribution in [3.05, 3.63) is 23.3 Å². The molecule has 1 rings (SSSR count). The van der Waals surface area contributed by atoms with Crippen molar-refractivity contribution in [2.45, 2.75) is 46.3 Å². The molecule has 0 aliphatic heterocycles. The lowest BCUT2D eigenvalue weighted by Crippen LogP contribution is -2.13. The molecule has 4 nitrogen and oxygen atoms in total. The number of rotatable bonds is 5. The first-order valence-electron chi connectivity index (χ1n) is 5.80. The molecule has 0 fully saturated rings. The average molecular weight is 223 g/mol. The maximum Gasteiger partial charge on any atom is 0.157 e. The molecule has 16 heavy (non-hydrogen) atoms. The topological polar surface area (TPSA) is 61.0 Å². The minimum Gasteiger partial charge on any atom is -0.371 e. The van der Waals surface area contributed by atoms with Crippen molar-refractivity contribution in [1.29, 1.82) is 0 Å². The predicted molar refractivity (Wildman–Crippen MR) is 64.0 cm³/mol. The molecular formula is C12H21N3O. The lowest BCUT2D eigenvalue weighted by molar-refractivity contribution is 0.0533. The highest BCUT2D eigenvalue weighted by Crippen LogP contribution is 2.19. The monoisotopic (exact) mass is 223 g/mol. The minimum atomic E-state index is -0.0266. The molecule has 4 heteroatoms. The largest absolute Gasteiger partial charge is 0.371 e. The zero-order valence-corrected chi connectivity index (χ0v) is 10.5. The summed E-state index contributed by atoms with van der Waals surface area (Å²) >= 11 is 0. The van der Waals surface area contributed by atoms with Crippen LogP contribution in [0.25, 0.3) is 0 Å². The first-order chi connectivity index (χ1) is 7.60. The van der Waals surface area contributed by atoms with Gasteiger partial charge in [0.1, 0.15) is 6.10 Å². The molecule has 1 unspecified atom stereocenters. The fraction of sp³-hybridized carbons (Fsp3) is 0.667. The van der Waals surface area contributed by atoms with E-state index in [9.17, 15) is 0 Å². The van der Waals surface area contributed by atoms with Crippen LogP contribution in [0.4, 0.5) is 0 Å². The van der Waals surface area contributed by atoms with Gasteiger partial charge in [-0.2, -0.15) is 0 Å². The first-order valence-corrected chi connectivity index (χ1v) is 5.80. The summed E-state index contributed by atoms with van der Waals surface area (Å²) in [7, 11) is 0. The Morgan fingerprint density at radius 3 is 2.56 bits per heavy atom. The average Bonchev–Trinajstić information content (AvgIpc) is 2.25. The van der Waals surface area contributed by atoms with Crippen LogP contribution < -0.4 is 5.73 Å². The summed E-state index contributed by atoms with van der Waals surface area (Å²) in [5, 5.41) is 0. The molecule has 0 spiro atoms. The van der Waals surface area contributed by atoms with E-state index in [4.69, 9.17) is 10.5 Å². The van der Waals surface area contributed by atoms with Crippen molar-refractivity contribution in [2.75, 3.05) is 6.61 Å². The van der Waals surface area contributed by atoms with E-state index in [0.29, 0.717) is 6.61 Å². The number of ether oxygens (including phenoxy) is 1. The van der Waals surface area contributed by atoms with Crippen LogP contribution in [-0.4, -0.2) is 16.6 Å². The van der Waals surface area contributed by atoms with Crippen molar-refractivity contribution in [2.24, 2.45) is 5.73 Å². The third-order valence-corrected chi connectivity index (χ3v) is 2.55. The lowest BCUT2D eigenvalue weighted by Gasteiger charge is -2.15. The van der Waals surface area contributed by atoms with Gasteiger partial charge >= 0.3 is 0 Å². The Labute approximate surface area is 97.2 Å². The fourth-order valence-electron chi connectivity index (χ4n) is 1.67. The summed E-state index contributed by atoms with van der Waals surface area (Å²) < 4.78 is 5.58. The van der Waals surface area contributed by atoms with Gasteiger partial charge in [0.05, 0.1) is 0 Å². The van der Waals surface area contributed by atoms with Gasteiger partial charge in [-0.25, -0.2) is 9.97 Å². The maximum absolute atomic E-state index is 5.82. The molecule has 1 aromatic heterocycles. The normalized spacial score (nSPS) is 14.8. The number of hydrogen-bond acceptors (Lipinski definition) is 4. The smallest absolute Gasteiger partial charge is 0.157 e. The van der Waals surface area contributed by atoms with E-state index in [2.05, 4.69) is 16.9 Å². The van der Waals surface area contributed by atoms with Gasteiger partial charge in [0.2, 0.25) is 0 Å². The van der Waals surface area contributed by atoms with E-state index in [1.807, 2.05) is 27.0 Å². The van der Waals surface area contributed by atoms with Crippen molar-refractivity contribution in [3.63, 3.8) is 0 Å². The van der Waals surface area contributed by atoms with Crippen LogP contribution in [0.15, 0.2) is 6.20 Å². The lowest BCUT2D eigenvalue weighted by atomic mass is 10.1. The summed E-state index contributed by atoms with van der Waals surface area (Å²) in [4.78, 5) is 8.80. The second-order valence-electron chi connectivity index (χ2n) is 3.91. The number of aryl methyl sites for hydroxylation is 1. The third kappa shape index (κ3) is 3.00. The highest BCUT2D eigenvalue weighted by molar-refractivity contribution is 5.19. The van der Waals surface area contributed by atoms with Crippen LogP contribution in [-0.2, 0) is 4.74 Å². The highest BCUT2D eigenvalue weighted by Gasteiger charge is 2.14. The number of hydrogen-bond donors (Lipinski definition) is 1. The van der Waals surface area contributed by atoms with Crippen molar-refractivity contribution >= 4 is 0 Å². The zero-order chi connectivity index (χ0) is 12.1. The van der Waals surface area contributed by atoms with Crippen molar-refractivity contribution < 1.29 is 4.74 Å². The summed E-state index contributed by atoms with van der Waals surface area (Å²) in [6.45, 7) is 8.62. The van der Waals surface area contributed by atoms with Gasteiger partial charge in [0.25, 0.3) is 0 Å². The Morgan fingerprint density at radius 1 is 1.44 bits per heavy atom. The van der Waals surface area contributed by atoms with Gasteiger partial charge in [0.15, 0.2) is 5.82 Å². The molecule has 90 valence electrons. The molecule has 0 radical (unpaired) electrons. The van der Waals surface area contributed by atoms with E-state index >= 15 is 0 Å². The highest BCUT2D eigenvalue weighted by atomic mass is 16.5. The Balaban J connectivity index is 2.95. The van der Waals surface area contributed by atoms with Crippen molar-refractivity contribution in [3.8, 4) is 0 Å². The number of nitrogens with zero attached hydrogens (tertiary/aromatic N) is 2. The van der Waals surface area contributed by atoms with Crippen LogP contribution in [0.1, 0.15) is 56.4 Å². The second-order valence-corrected chi connectivity index (χ2v) is 3.91. The summed E-state index contributed by atoms with van der Waals surface area (Å²) in [5.74, 6) is 0.756. The molecule has 0 aromatic carbocycles. The first kappa shape index (κ1) is 13.1. The van der Waals surface area contributed by atoms with E-state index in [0.717, 1.165) is 23.5 Å². The van der Waals surface area contributed by atoms with Crippen LogP contribution in [0.3, 0.4) is 0 Å². The van der Waals surface area contributed by atoms with Gasteiger partial charge in [0, 0.05) is 30.1 Å². The Hall–Kier alpha value is -1.00. The molecule has 0 saturated carbocycles. The van der Waals surface area contributed by atoms with Gasteiger partial charge in [-0.1, -0.05) is 6.92 Å². The summed E-state index contributed by atoms with van der Waals surface area (Å²) in [6, 6.07) is -0.0266. The molecule has 0 bridgehead atoms. The van der Waals surface area contributed by atoms with E-state index < -0.39 is 0 Å². The quantitative estimate of drug-likeness (QED) is 0.832. The standard InChI is InChI=1S/C12H21N3O/c1-5-11(16-6-2)12-14-7-10(8(3)13)9(4)15-12/h7-8,11H,5-6,13H2,1-4H3/t8-,11?/m1/s1. The molecule has 2 atom stereocenters. The van der Waals surface area contributed by atoms with Crippen LogP contribution in [0.2, 0.25) is 0 Å².